The van der Waals surface area contributed by atoms with Gasteiger partial charge < -0.3 is 10.1 Å². The van der Waals surface area contributed by atoms with Gasteiger partial charge in [-0.2, -0.15) is 0 Å². The first-order chi connectivity index (χ1) is 6.77. The van der Waals surface area contributed by atoms with Gasteiger partial charge in [-0.3, -0.25) is 0 Å². The lowest BCUT2D eigenvalue weighted by Crippen LogP contribution is -2.06. The van der Waals surface area contributed by atoms with Crippen molar-refractivity contribution < 1.29 is 9.13 Å². The molecule has 14 heavy (non-hydrogen) atoms. The Morgan fingerprint density at radius 2 is 2.21 bits per heavy atom. The van der Waals surface area contributed by atoms with Gasteiger partial charge in [0.2, 0.25) is 0 Å². The predicted molar refractivity (Wildman–Crippen MR) is 54.5 cm³/mol. The number of halogens is 1. The molecule has 1 aromatic carbocycles. The van der Waals surface area contributed by atoms with Crippen LogP contribution in [0.2, 0.25) is 0 Å². The summed E-state index contributed by atoms with van der Waals surface area (Å²) in [6.07, 6.45) is 0. The molecule has 0 bridgehead atoms. The average molecular weight is 197 g/mol. The highest BCUT2D eigenvalue weighted by Crippen LogP contribution is 2.11. The molecule has 1 N–H and O–H groups in total. The Labute approximate surface area is 84.1 Å². The molecule has 0 radical (unpaired) electrons. The minimum absolute atomic E-state index is 0.196. The number of ether oxygens (including phenoxy) is 1. The molecule has 0 saturated carbocycles. The van der Waals surface area contributed by atoms with E-state index in [1.807, 2.05) is 20.0 Å². The summed E-state index contributed by atoms with van der Waals surface area (Å²) in [6.45, 7) is 3.60. The van der Waals surface area contributed by atoms with Gasteiger partial charge in [0, 0.05) is 18.7 Å². The first-order valence-corrected chi connectivity index (χ1v) is 4.77. The van der Waals surface area contributed by atoms with Crippen LogP contribution in [0.15, 0.2) is 18.2 Å². The van der Waals surface area contributed by atoms with Gasteiger partial charge in [-0.25, -0.2) is 4.39 Å². The lowest BCUT2D eigenvalue weighted by Gasteiger charge is -2.06. The van der Waals surface area contributed by atoms with Crippen molar-refractivity contribution >= 4 is 0 Å². The summed E-state index contributed by atoms with van der Waals surface area (Å²) in [5, 5.41) is 3.02. The quantitative estimate of drug-likeness (QED) is 0.780. The summed E-state index contributed by atoms with van der Waals surface area (Å²) in [5.41, 5.74) is 1.70. The van der Waals surface area contributed by atoms with Crippen molar-refractivity contribution in [2.24, 2.45) is 0 Å². The zero-order valence-corrected chi connectivity index (χ0v) is 8.64. The second-order valence-corrected chi connectivity index (χ2v) is 3.09. The lowest BCUT2D eigenvalue weighted by atomic mass is 10.1. The molecule has 1 rings (SSSR count). The lowest BCUT2D eigenvalue weighted by molar-refractivity contribution is 0.131. The van der Waals surface area contributed by atoms with Crippen molar-refractivity contribution in [3.63, 3.8) is 0 Å². The van der Waals surface area contributed by atoms with Gasteiger partial charge >= 0.3 is 0 Å². The summed E-state index contributed by atoms with van der Waals surface area (Å²) in [7, 11) is 1.87. The Morgan fingerprint density at radius 3 is 2.86 bits per heavy atom. The molecule has 0 aliphatic heterocycles. The third kappa shape index (κ3) is 3.09. The van der Waals surface area contributed by atoms with E-state index in [4.69, 9.17) is 4.74 Å². The number of rotatable bonds is 5. The van der Waals surface area contributed by atoms with E-state index in [-0.39, 0.29) is 5.82 Å². The van der Waals surface area contributed by atoms with Crippen LogP contribution in [0.5, 0.6) is 0 Å². The van der Waals surface area contributed by atoms with Crippen LogP contribution in [-0.4, -0.2) is 13.7 Å². The summed E-state index contributed by atoms with van der Waals surface area (Å²) in [5.74, 6) is -0.196. The molecule has 0 atom stereocenters. The standard InChI is InChI=1S/C11H16FNO/c1-3-14-8-10-6-9(7-13-2)4-5-11(10)12/h4-6,13H,3,7-8H2,1-2H3. The fourth-order valence-electron chi connectivity index (χ4n) is 1.26. The molecule has 0 heterocycles. The molecule has 1 aromatic rings. The monoisotopic (exact) mass is 197 g/mol. The van der Waals surface area contributed by atoms with E-state index in [1.54, 1.807) is 6.07 Å². The van der Waals surface area contributed by atoms with Crippen molar-refractivity contribution in [2.75, 3.05) is 13.7 Å². The normalized spacial score (nSPS) is 10.5. The van der Waals surface area contributed by atoms with Gasteiger partial charge in [-0.15, -0.1) is 0 Å². The van der Waals surface area contributed by atoms with Crippen molar-refractivity contribution in [3.05, 3.63) is 35.1 Å². The van der Waals surface area contributed by atoms with Gasteiger partial charge in [-0.1, -0.05) is 6.07 Å². The third-order valence-corrected chi connectivity index (χ3v) is 1.95. The molecule has 0 saturated heterocycles. The molecular weight excluding hydrogens is 181 g/mol. The third-order valence-electron chi connectivity index (χ3n) is 1.95. The fraction of sp³-hybridized carbons (Fsp3) is 0.455. The number of hydrogen-bond donors (Lipinski definition) is 1. The van der Waals surface area contributed by atoms with E-state index >= 15 is 0 Å². The van der Waals surface area contributed by atoms with Crippen molar-refractivity contribution in [1.82, 2.24) is 5.32 Å². The smallest absolute Gasteiger partial charge is 0.128 e. The van der Waals surface area contributed by atoms with Crippen LogP contribution >= 0.6 is 0 Å². The van der Waals surface area contributed by atoms with Crippen molar-refractivity contribution in [1.29, 1.82) is 0 Å². The molecule has 0 amide bonds. The van der Waals surface area contributed by atoms with Crippen LogP contribution in [-0.2, 0) is 17.9 Å². The van der Waals surface area contributed by atoms with Gasteiger partial charge in [0.1, 0.15) is 5.82 Å². The summed E-state index contributed by atoms with van der Waals surface area (Å²) >= 11 is 0. The Hall–Kier alpha value is -0.930. The zero-order chi connectivity index (χ0) is 10.4. The van der Waals surface area contributed by atoms with E-state index in [2.05, 4.69) is 5.32 Å². The first-order valence-electron chi connectivity index (χ1n) is 4.77. The topological polar surface area (TPSA) is 21.3 Å². The first kappa shape index (κ1) is 11.1. The van der Waals surface area contributed by atoms with Crippen molar-refractivity contribution in [2.45, 2.75) is 20.1 Å². The largest absolute Gasteiger partial charge is 0.377 e. The van der Waals surface area contributed by atoms with Crippen LogP contribution in [0.25, 0.3) is 0 Å². The average Bonchev–Trinajstić information content (AvgIpc) is 2.19. The molecule has 3 heteroatoms. The molecule has 0 aromatic heterocycles. The zero-order valence-electron chi connectivity index (χ0n) is 8.64. The molecular formula is C11H16FNO. The summed E-state index contributed by atoms with van der Waals surface area (Å²) in [4.78, 5) is 0. The Morgan fingerprint density at radius 1 is 1.43 bits per heavy atom. The summed E-state index contributed by atoms with van der Waals surface area (Å²) < 4.78 is 18.4. The van der Waals surface area contributed by atoms with Crippen LogP contribution < -0.4 is 5.32 Å². The highest BCUT2D eigenvalue weighted by molar-refractivity contribution is 5.24. The molecule has 0 unspecified atom stereocenters. The van der Waals surface area contributed by atoms with Crippen LogP contribution in [0, 0.1) is 5.82 Å². The second-order valence-electron chi connectivity index (χ2n) is 3.09. The summed E-state index contributed by atoms with van der Waals surface area (Å²) in [6, 6.07) is 5.10. The van der Waals surface area contributed by atoms with E-state index in [1.165, 1.54) is 6.07 Å². The van der Waals surface area contributed by atoms with Gasteiger partial charge in [0.05, 0.1) is 6.61 Å². The molecule has 0 aliphatic rings. The van der Waals surface area contributed by atoms with Gasteiger partial charge in [-0.05, 0) is 31.7 Å². The Bertz CT molecular complexity index is 289. The van der Waals surface area contributed by atoms with Gasteiger partial charge in [0.15, 0.2) is 0 Å². The Kier molecular flexibility index (Phi) is 4.56. The molecule has 78 valence electrons. The highest BCUT2D eigenvalue weighted by Gasteiger charge is 2.02. The second kappa shape index (κ2) is 5.73. The van der Waals surface area contributed by atoms with E-state index in [0.717, 1.165) is 12.1 Å². The highest BCUT2D eigenvalue weighted by atomic mass is 19.1. The Balaban J connectivity index is 2.74. The van der Waals surface area contributed by atoms with Crippen LogP contribution in [0.4, 0.5) is 4.39 Å². The molecule has 2 nitrogen and oxygen atoms in total. The number of benzene rings is 1. The minimum atomic E-state index is -0.196. The van der Waals surface area contributed by atoms with Crippen molar-refractivity contribution in [3.8, 4) is 0 Å². The molecule has 0 spiro atoms. The maximum absolute atomic E-state index is 13.2. The minimum Gasteiger partial charge on any atom is -0.377 e. The van der Waals surface area contributed by atoms with E-state index in [9.17, 15) is 4.39 Å². The number of nitrogens with one attached hydrogen (secondary N) is 1. The number of hydrogen-bond acceptors (Lipinski definition) is 2. The molecule has 0 fully saturated rings. The van der Waals surface area contributed by atoms with E-state index in [0.29, 0.717) is 18.8 Å². The maximum Gasteiger partial charge on any atom is 0.128 e. The predicted octanol–water partition coefficient (Wildman–Crippen LogP) is 2.08. The van der Waals surface area contributed by atoms with Crippen LogP contribution in [0.1, 0.15) is 18.1 Å². The maximum atomic E-state index is 13.2. The SMILES string of the molecule is CCOCc1cc(CNC)ccc1F. The van der Waals surface area contributed by atoms with E-state index < -0.39 is 0 Å². The van der Waals surface area contributed by atoms with Gasteiger partial charge in [0.25, 0.3) is 0 Å². The van der Waals surface area contributed by atoms with Crippen LogP contribution in [0.3, 0.4) is 0 Å². The fourth-order valence-corrected chi connectivity index (χ4v) is 1.26. The molecule has 0 aliphatic carbocycles.